The molecule has 0 radical (unpaired) electrons. The van der Waals surface area contributed by atoms with Crippen molar-refractivity contribution in [1.82, 2.24) is 15.6 Å². The fourth-order valence-corrected chi connectivity index (χ4v) is 3.49. The van der Waals surface area contributed by atoms with Crippen molar-refractivity contribution in [3.63, 3.8) is 0 Å². The van der Waals surface area contributed by atoms with E-state index in [1.807, 2.05) is 49.4 Å². The zero-order chi connectivity index (χ0) is 20.3. The van der Waals surface area contributed by atoms with Gasteiger partial charge in [-0.2, -0.15) is 0 Å². The van der Waals surface area contributed by atoms with Crippen molar-refractivity contribution in [3.8, 4) is 5.88 Å². The van der Waals surface area contributed by atoms with Gasteiger partial charge in [-0.1, -0.05) is 36.4 Å². The maximum Gasteiger partial charge on any atom is 0.218 e. The summed E-state index contributed by atoms with van der Waals surface area (Å²) in [7, 11) is 0. The average molecular weight is 524 g/mol. The first-order valence-corrected chi connectivity index (χ1v) is 10.6. The molecule has 1 unspecified atom stereocenters. The highest BCUT2D eigenvalue weighted by Crippen LogP contribution is 2.25. The Kier molecular flexibility index (Phi) is 10.9. The van der Waals surface area contributed by atoms with Gasteiger partial charge in [-0.15, -0.1) is 24.0 Å². The Morgan fingerprint density at radius 3 is 2.67 bits per heavy atom. The van der Waals surface area contributed by atoms with Crippen LogP contribution in [0.15, 0.2) is 53.7 Å². The highest BCUT2D eigenvalue weighted by Gasteiger charge is 2.18. The minimum absolute atomic E-state index is 0. The van der Waals surface area contributed by atoms with Gasteiger partial charge in [0.25, 0.3) is 0 Å². The van der Waals surface area contributed by atoms with Gasteiger partial charge in [0.1, 0.15) is 6.10 Å². The van der Waals surface area contributed by atoms with Crippen LogP contribution in [0.4, 0.5) is 0 Å². The Morgan fingerprint density at radius 2 is 1.93 bits per heavy atom. The molecule has 0 saturated heterocycles. The van der Waals surface area contributed by atoms with Crippen molar-refractivity contribution in [2.24, 2.45) is 4.99 Å². The average Bonchev–Trinajstić information content (AvgIpc) is 3.26. The number of halogens is 1. The summed E-state index contributed by atoms with van der Waals surface area (Å²) in [5, 5.41) is 16.9. The maximum absolute atomic E-state index is 10.3. The molecule has 2 aromatic rings. The Morgan fingerprint density at radius 1 is 1.17 bits per heavy atom. The number of aliphatic hydroxyl groups is 1. The molecule has 1 aliphatic carbocycles. The van der Waals surface area contributed by atoms with Gasteiger partial charge >= 0.3 is 0 Å². The summed E-state index contributed by atoms with van der Waals surface area (Å²) in [5.41, 5.74) is 1.92. The Balaban J connectivity index is 0.00000320. The molecule has 1 saturated carbocycles. The fourth-order valence-electron chi connectivity index (χ4n) is 3.49. The summed E-state index contributed by atoms with van der Waals surface area (Å²) < 4.78 is 6.11. The second kappa shape index (κ2) is 13.4. The molecule has 0 amide bonds. The van der Waals surface area contributed by atoms with Gasteiger partial charge < -0.3 is 20.5 Å². The standard InChI is InChI=1S/C23H32N4O2.HI/c1-2-24-23(26-16-14-21(28)18-9-4-3-5-10-18)27-17-19-11-8-15-25-22(19)29-20-12-6-7-13-20;/h3-5,8-11,15,20-21,28H,2,6-7,12-14,16-17H2,1H3,(H2,24,26,27);1H. The topological polar surface area (TPSA) is 78.8 Å². The van der Waals surface area contributed by atoms with E-state index in [1.165, 1.54) is 12.8 Å². The molecular weight excluding hydrogens is 491 g/mol. The van der Waals surface area contributed by atoms with Gasteiger partial charge in [0.15, 0.2) is 5.96 Å². The van der Waals surface area contributed by atoms with Gasteiger partial charge in [0, 0.05) is 24.8 Å². The quantitative estimate of drug-likeness (QED) is 0.261. The van der Waals surface area contributed by atoms with E-state index in [1.54, 1.807) is 6.20 Å². The van der Waals surface area contributed by atoms with Crippen LogP contribution in [0, 0.1) is 0 Å². The van der Waals surface area contributed by atoms with E-state index in [0.717, 1.165) is 36.5 Å². The number of guanidine groups is 1. The van der Waals surface area contributed by atoms with Crippen LogP contribution >= 0.6 is 24.0 Å². The van der Waals surface area contributed by atoms with Crippen LogP contribution < -0.4 is 15.4 Å². The first-order chi connectivity index (χ1) is 14.3. The number of pyridine rings is 1. The molecule has 164 valence electrons. The molecule has 3 rings (SSSR count). The molecule has 1 fully saturated rings. The van der Waals surface area contributed by atoms with E-state index in [9.17, 15) is 5.11 Å². The van der Waals surface area contributed by atoms with Crippen LogP contribution in [0.1, 0.15) is 56.3 Å². The van der Waals surface area contributed by atoms with Crippen molar-refractivity contribution < 1.29 is 9.84 Å². The number of aliphatic hydroxyl groups excluding tert-OH is 1. The number of hydrogen-bond donors (Lipinski definition) is 3. The number of ether oxygens (including phenoxy) is 1. The third-order valence-corrected chi connectivity index (χ3v) is 5.08. The minimum Gasteiger partial charge on any atom is -0.474 e. The Hall–Kier alpha value is -1.87. The van der Waals surface area contributed by atoms with Crippen molar-refractivity contribution in [1.29, 1.82) is 0 Å². The molecule has 1 heterocycles. The SMILES string of the molecule is CCNC(=NCc1cccnc1OC1CCCC1)NCCC(O)c1ccccc1.I. The Labute approximate surface area is 196 Å². The molecule has 6 nitrogen and oxygen atoms in total. The summed E-state index contributed by atoms with van der Waals surface area (Å²) in [4.78, 5) is 9.10. The number of aromatic nitrogens is 1. The van der Waals surface area contributed by atoms with Crippen LogP contribution in [-0.4, -0.2) is 35.2 Å². The summed E-state index contributed by atoms with van der Waals surface area (Å²) in [5.74, 6) is 1.42. The third-order valence-electron chi connectivity index (χ3n) is 5.08. The van der Waals surface area contributed by atoms with Crippen LogP contribution in [0.2, 0.25) is 0 Å². The second-order valence-corrected chi connectivity index (χ2v) is 7.33. The fraction of sp³-hybridized carbons (Fsp3) is 0.478. The molecule has 1 atom stereocenters. The lowest BCUT2D eigenvalue weighted by Crippen LogP contribution is -2.38. The lowest BCUT2D eigenvalue weighted by atomic mass is 10.1. The first kappa shape index (κ1) is 24.4. The maximum atomic E-state index is 10.3. The minimum atomic E-state index is -0.490. The van der Waals surface area contributed by atoms with E-state index in [4.69, 9.17) is 4.74 Å². The van der Waals surface area contributed by atoms with Crippen LogP contribution in [0.5, 0.6) is 5.88 Å². The largest absolute Gasteiger partial charge is 0.474 e. The molecule has 1 aromatic carbocycles. The summed E-state index contributed by atoms with van der Waals surface area (Å²) in [6, 6.07) is 13.7. The molecular formula is C23H33IN4O2. The molecule has 30 heavy (non-hydrogen) atoms. The lowest BCUT2D eigenvalue weighted by molar-refractivity contribution is 0.168. The molecule has 0 aliphatic heterocycles. The van der Waals surface area contributed by atoms with E-state index in [0.29, 0.717) is 25.4 Å². The van der Waals surface area contributed by atoms with Crippen molar-refractivity contribution in [2.45, 2.75) is 57.8 Å². The summed E-state index contributed by atoms with van der Waals surface area (Å²) >= 11 is 0. The van der Waals surface area contributed by atoms with Crippen molar-refractivity contribution >= 4 is 29.9 Å². The third kappa shape index (κ3) is 7.75. The highest BCUT2D eigenvalue weighted by molar-refractivity contribution is 14.0. The van der Waals surface area contributed by atoms with Gasteiger partial charge in [0.2, 0.25) is 5.88 Å². The normalized spacial score (nSPS) is 15.3. The van der Waals surface area contributed by atoms with Crippen molar-refractivity contribution in [2.75, 3.05) is 13.1 Å². The number of benzene rings is 1. The highest BCUT2D eigenvalue weighted by atomic mass is 127. The zero-order valence-corrected chi connectivity index (χ0v) is 19.9. The summed E-state index contributed by atoms with van der Waals surface area (Å²) in [6.45, 7) is 3.92. The number of aliphatic imine (C=N–C) groups is 1. The smallest absolute Gasteiger partial charge is 0.218 e. The predicted octanol–water partition coefficient (Wildman–Crippen LogP) is 4.20. The van der Waals surface area contributed by atoms with E-state index < -0.39 is 6.10 Å². The van der Waals surface area contributed by atoms with Gasteiger partial charge in [-0.25, -0.2) is 9.98 Å². The van der Waals surface area contributed by atoms with Crippen LogP contribution in [-0.2, 0) is 6.54 Å². The van der Waals surface area contributed by atoms with Gasteiger partial charge in [-0.3, -0.25) is 0 Å². The van der Waals surface area contributed by atoms with E-state index in [-0.39, 0.29) is 30.1 Å². The monoisotopic (exact) mass is 524 g/mol. The molecule has 0 bridgehead atoms. The first-order valence-electron chi connectivity index (χ1n) is 10.6. The van der Waals surface area contributed by atoms with Crippen LogP contribution in [0.3, 0.4) is 0 Å². The molecule has 1 aromatic heterocycles. The number of nitrogens with one attached hydrogen (secondary N) is 2. The van der Waals surface area contributed by atoms with E-state index >= 15 is 0 Å². The number of nitrogens with zero attached hydrogens (tertiary/aromatic N) is 2. The number of hydrogen-bond acceptors (Lipinski definition) is 4. The zero-order valence-electron chi connectivity index (χ0n) is 17.6. The summed E-state index contributed by atoms with van der Waals surface area (Å²) in [6.07, 6.45) is 6.83. The molecule has 7 heteroatoms. The predicted molar refractivity (Wildman–Crippen MR) is 131 cm³/mol. The van der Waals surface area contributed by atoms with Crippen molar-refractivity contribution in [3.05, 3.63) is 59.8 Å². The second-order valence-electron chi connectivity index (χ2n) is 7.33. The van der Waals surface area contributed by atoms with Crippen LogP contribution in [0.25, 0.3) is 0 Å². The molecule has 0 spiro atoms. The lowest BCUT2D eigenvalue weighted by Gasteiger charge is -2.16. The Bertz CT molecular complexity index is 767. The van der Waals surface area contributed by atoms with E-state index in [2.05, 4.69) is 20.6 Å². The van der Waals surface area contributed by atoms with Gasteiger partial charge in [-0.05, 0) is 50.7 Å². The number of rotatable bonds is 9. The molecule has 3 N–H and O–H groups in total. The molecule has 1 aliphatic rings. The van der Waals surface area contributed by atoms with Gasteiger partial charge in [0.05, 0.1) is 12.6 Å².